The predicted octanol–water partition coefficient (Wildman–Crippen LogP) is 5.28. The molecule has 0 aliphatic carbocycles. The first-order valence-electron chi connectivity index (χ1n) is 10.0. The van der Waals surface area contributed by atoms with Crippen LogP contribution in [0.25, 0.3) is 0 Å². The van der Waals surface area contributed by atoms with Gasteiger partial charge in [0.2, 0.25) is 12.7 Å². The van der Waals surface area contributed by atoms with Crippen molar-refractivity contribution in [1.29, 1.82) is 5.26 Å². The first-order chi connectivity index (χ1) is 15.5. The van der Waals surface area contributed by atoms with Crippen LogP contribution in [0.3, 0.4) is 0 Å². The lowest BCUT2D eigenvalue weighted by Crippen LogP contribution is -2.21. The number of nitrogens with two attached hydrogens (primary N) is 1. The molecule has 6 nitrogen and oxygen atoms in total. The maximum atomic E-state index is 9.81. The van der Waals surface area contributed by atoms with Crippen LogP contribution in [0.15, 0.2) is 70.5 Å². The topological polar surface area (TPSA) is 86.7 Å². The van der Waals surface area contributed by atoms with Crippen molar-refractivity contribution in [3.63, 3.8) is 0 Å². The number of ether oxygens (including phenoxy) is 4. The Balaban J connectivity index is 1.48. The second-order valence-electron chi connectivity index (χ2n) is 7.63. The summed E-state index contributed by atoms with van der Waals surface area (Å²) in [6.45, 7) is 2.66. The summed E-state index contributed by atoms with van der Waals surface area (Å²) in [6.07, 6.45) is 0. The zero-order valence-corrected chi connectivity index (χ0v) is 18.8. The number of fused-ring (bicyclic) bond motifs is 2. The SMILES string of the molecule is Cc1ccc(COc2ccc([C@H]3C(C#N)=C(N)Oc4cc5c(cc43)OCO5)cc2Br)cc1. The van der Waals surface area contributed by atoms with E-state index in [2.05, 4.69) is 41.1 Å². The van der Waals surface area contributed by atoms with Gasteiger partial charge in [0.25, 0.3) is 0 Å². The molecule has 2 heterocycles. The van der Waals surface area contributed by atoms with Crippen LogP contribution < -0.4 is 24.7 Å². The van der Waals surface area contributed by atoms with Crippen LogP contribution in [0.4, 0.5) is 0 Å². The Morgan fingerprint density at radius 2 is 1.81 bits per heavy atom. The van der Waals surface area contributed by atoms with Crippen LogP contribution in [-0.2, 0) is 6.61 Å². The van der Waals surface area contributed by atoms with Crippen LogP contribution in [0, 0.1) is 18.3 Å². The van der Waals surface area contributed by atoms with Crippen molar-refractivity contribution in [1.82, 2.24) is 0 Å². The van der Waals surface area contributed by atoms with E-state index in [0.717, 1.165) is 21.2 Å². The molecule has 7 heteroatoms. The lowest BCUT2D eigenvalue weighted by Gasteiger charge is -2.27. The Kier molecular flexibility index (Phi) is 5.16. The highest BCUT2D eigenvalue weighted by atomic mass is 79.9. The van der Waals surface area contributed by atoms with Crippen LogP contribution in [-0.4, -0.2) is 6.79 Å². The van der Waals surface area contributed by atoms with E-state index in [1.54, 1.807) is 6.07 Å². The molecule has 0 bridgehead atoms. The molecule has 2 N–H and O–H groups in total. The number of halogens is 1. The second-order valence-corrected chi connectivity index (χ2v) is 8.49. The van der Waals surface area contributed by atoms with Gasteiger partial charge in [-0.15, -0.1) is 0 Å². The van der Waals surface area contributed by atoms with Gasteiger partial charge in [-0.2, -0.15) is 5.26 Å². The molecule has 0 saturated heterocycles. The molecule has 0 unspecified atom stereocenters. The Hall–Kier alpha value is -3.63. The second kappa shape index (κ2) is 8.13. The van der Waals surface area contributed by atoms with Crippen molar-refractivity contribution in [2.45, 2.75) is 19.4 Å². The number of nitrogens with zero attached hydrogens (tertiary/aromatic N) is 1. The third kappa shape index (κ3) is 3.63. The van der Waals surface area contributed by atoms with E-state index in [9.17, 15) is 5.26 Å². The van der Waals surface area contributed by atoms with E-state index < -0.39 is 5.92 Å². The molecule has 2 aliphatic heterocycles. The van der Waals surface area contributed by atoms with Crippen molar-refractivity contribution in [3.05, 3.63) is 92.8 Å². The fourth-order valence-electron chi connectivity index (χ4n) is 3.85. The summed E-state index contributed by atoms with van der Waals surface area (Å²) in [5.41, 5.74) is 10.4. The van der Waals surface area contributed by atoms with E-state index in [1.807, 2.05) is 36.4 Å². The molecule has 160 valence electrons. The molecule has 0 aromatic heterocycles. The van der Waals surface area contributed by atoms with Gasteiger partial charge in [0.1, 0.15) is 29.7 Å². The zero-order valence-electron chi connectivity index (χ0n) is 17.2. The number of benzene rings is 3. The standard InChI is InChI=1S/C25H19BrN2O4/c1-14-2-4-15(5-3-14)12-29-20-7-6-16(8-19(20)26)24-17-9-22-23(31-13-30-22)10-21(17)32-25(28)18(24)11-27/h2-10,24H,12-13,28H2,1H3/t24-/m1/s1. The van der Waals surface area contributed by atoms with Crippen LogP contribution in [0.5, 0.6) is 23.0 Å². The third-order valence-electron chi connectivity index (χ3n) is 5.51. The highest BCUT2D eigenvalue weighted by Crippen LogP contribution is 2.48. The van der Waals surface area contributed by atoms with Gasteiger partial charge in [-0.1, -0.05) is 35.9 Å². The molecular weight excluding hydrogens is 472 g/mol. The molecule has 3 aromatic rings. The molecule has 0 amide bonds. The Morgan fingerprint density at radius 1 is 1.06 bits per heavy atom. The van der Waals surface area contributed by atoms with Gasteiger partial charge in [0.05, 0.1) is 10.4 Å². The lowest BCUT2D eigenvalue weighted by atomic mass is 9.83. The first kappa shape index (κ1) is 20.3. The van der Waals surface area contributed by atoms with Gasteiger partial charge in [-0.05, 0) is 52.2 Å². The molecule has 0 fully saturated rings. The summed E-state index contributed by atoms with van der Waals surface area (Å²) in [5.74, 6) is 2.15. The van der Waals surface area contributed by atoms with E-state index in [4.69, 9.17) is 24.7 Å². The summed E-state index contributed by atoms with van der Waals surface area (Å²) in [6, 6.07) is 19.8. The van der Waals surface area contributed by atoms with Crippen molar-refractivity contribution in [2.24, 2.45) is 5.73 Å². The molecule has 32 heavy (non-hydrogen) atoms. The average molecular weight is 491 g/mol. The third-order valence-corrected chi connectivity index (χ3v) is 6.13. The van der Waals surface area contributed by atoms with Crippen LogP contribution >= 0.6 is 15.9 Å². The number of allylic oxidation sites excluding steroid dienone is 1. The van der Waals surface area contributed by atoms with Crippen molar-refractivity contribution < 1.29 is 18.9 Å². The minimum absolute atomic E-state index is 0.0830. The average Bonchev–Trinajstić information content (AvgIpc) is 3.24. The van der Waals surface area contributed by atoms with Crippen LogP contribution in [0.2, 0.25) is 0 Å². The summed E-state index contributed by atoms with van der Waals surface area (Å²) in [4.78, 5) is 0. The van der Waals surface area contributed by atoms with Crippen molar-refractivity contribution in [3.8, 4) is 29.1 Å². The van der Waals surface area contributed by atoms with Crippen LogP contribution in [0.1, 0.15) is 28.2 Å². The predicted molar refractivity (Wildman–Crippen MR) is 122 cm³/mol. The Labute approximate surface area is 193 Å². The number of aryl methyl sites for hydroxylation is 1. The first-order valence-corrected chi connectivity index (χ1v) is 10.8. The highest BCUT2D eigenvalue weighted by Gasteiger charge is 2.33. The largest absolute Gasteiger partial charge is 0.488 e. The minimum Gasteiger partial charge on any atom is -0.488 e. The molecule has 0 saturated carbocycles. The van der Waals surface area contributed by atoms with Gasteiger partial charge in [-0.3, -0.25) is 0 Å². The summed E-state index contributed by atoms with van der Waals surface area (Å²) >= 11 is 3.61. The summed E-state index contributed by atoms with van der Waals surface area (Å²) < 4.78 is 23.5. The van der Waals surface area contributed by atoms with Gasteiger partial charge >= 0.3 is 0 Å². The quantitative estimate of drug-likeness (QED) is 0.534. The number of hydrogen-bond acceptors (Lipinski definition) is 6. The molecule has 3 aromatic carbocycles. The number of rotatable bonds is 4. The van der Waals surface area contributed by atoms with Gasteiger partial charge in [-0.25, -0.2) is 0 Å². The fraction of sp³-hybridized carbons (Fsp3) is 0.160. The summed E-state index contributed by atoms with van der Waals surface area (Å²) in [5, 5.41) is 9.81. The van der Waals surface area contributed by atoms with E-state index in [0.29, 0.717) is 35.2 Å². The van der Waals surface area contributed by atoms with Crippen molar-refractivity contribution >= 4 is 15.9 Å². The van der Waals surface area contributed by atoms with Crippen molar-refractivity contribution in [2.75, 3.05) is 6.79 Å². The van der Waals surface area contributed by atoms with E-state index >= 15 is 0 Å². The molecule has 2 aliphatic rings. The molecule has 1 atom stereocenters. The normalized spacial score (nSPS) is 16.2. The smallest absolute Gasteiger partial charge is 0.231 e. The lowest BCUT2D eigenvalue weighted by molar-refractivity contribution is 0.174. The fourth-order valence-corrected chi connectivity index (χ4v) is 4.36. The van der Waals surface area contributed by atoms with Gasteiger partial charge in [0, 0.05) is 11.6 Å². The summed E-state index contributed by atoms with van der Waals surface area (Å²) in [7, 11) is 0. The minimum atomic E-state index is -0.402. The molecule has 0 radical (unpaired) electrons. The molecular formula is C25H19BrN2O4. The number of nitriles is 1. The maximum Gasteiger partial charge on any atom is 0.231 e. The maximum absolute atomic E-state index is 9.81. The van der Waals surface area contributed by atoms with Gasteiger partial charge in [0.15, 0.2) is 11.5 Å². The Morgan fingerprint density at radius 3 is 2.53 bits per heavy atom. The molecule has 5 rings (SSSR count). The Bertz CT molecular complexity index is 1280. The van der Waals surface area contributed by atoms with Gasteiger partial charge < -0.3 is 24.7 Å². The highest BCUT2D eigenvalue weighted by molar-refractivity contribution is 9.10. The zero-order chi connectivity index (χ0) is 22.2. The molecule has 0 spiro atoms. The van der Waals surface area contributed by atoms with E-state index in [1.165, 1.54) is 5.56 Å². The van der Waals surface area contributed by atoms with E-state index in [-0.39, 0.29) is 12.7 Å². The monoisotopic (exact) mass is 490 g/mol. The number of hydrogen-bond donors (Lipinski definition) is 1.